The first-order chi connectivity index (χ1) is 9.36. The summed E-state index contributed by atoms with van der Waals surface area (Å²) in [6.45, 7) is 0.973. The number of aryl methyl sites for hydroxylation is 1. The van der Waals surface area contributed by atoms with E-state index in [2.05, 4.69) is 4.18 Å². The van der Waals surface area contributed by atoms with Gasteiger partial charge >= 0.3 is 21.6 Å². The number of nitro benzene ring substituents is 1. The van der Waals surface area contributed by atoms with Gasteiger partial charge in [0.25, 0.3) is 5.69 Å². The van der Waals surface area contributed by atoms with Gasteiger partial charge in [0.2, 0.25) is 0 Å². The zero-order valence-corrected chi connectivity index (χ0v) is 10.9. The number of nitrogens with zero attached hydrogens (tertiary/aromatic N) is 1. The molecule has 0 aliphatic carbocycles. The molecule has 0 aliphatic heterocycles. The van der Waals surface area contributed by atoms with Gasteiger partial charge in [-0.25, -0.2) is 4.79 Å². The fraction of sp³-hybridized carbons (Fsp3) is 0.222. The number of nitro groups is 1. The number of carbonyl (C=O) groups is 1. The maximum absolute atomic E-state index is 12.2. The Morgan fingerprint density at radius 2 is 1.90 bits per heavy atom. The van der Waals surface area contributed by atoms with Crippen LogP contribution in [0.15, 0.2) is 12.1 Å². The molecule has 0 saturated carbocycles. The van der Waals surface area contributed by atoms with Crippen LogP contribution in [0.3, 0.4) is 0 Å². The molecule has 116 valence electrons. The molecule has 1 N–H and O–H groups in total. The molecular weight excluding hydrogens is 323 g/mol. The van der Waals surface area contributed by atoms with Crippen molar-refractivity contribution in [3.05, 3.63) is 33.4 Å². The molecule has 0 aliphatic rings. The number of carboxylic acids is 1. The predicted molar refractivity (Wildman–Crippen MR) is 60.4 cm³/mol. The minimum atomic E-state index is -6.10. The van der Waals surface area contributed by atoms with Gasteiger partial charge < -0.3 is 9.29 Å². The van der Waals surface area contributed by atoms with Crippen LogP contribution in [0.2, 0.25) is 0 Å². The fourth-order valence-corrected chi connectivity index (χ4v) is 1.82. The van der Waals surface area contributed by atoms with Gasteiger partial charge in [-0.3, -0.25) is 10.1 Å². The number of aromatic carboxylic acids is 1. The molecule has 0 fully saturated rings. The second-order valence-corrected chi connectivity index (χ2v) is 5.22. The van der Waals surface area contributed by atoms with E-state index in [-0.39, 0.29) is 0 Å². The fourth-order valence-electron chi connectivity index (χ4n) is 1.29. The summed E-state index contributed by atoms with van der Waals surface area (Å²) in [5.74, 6) is -3.01. The van der Waals surface area contributed by atoms with Crippen LogP contribution in [0.1, 0.15) is 15.9 Å². The summed E-state index contributed by atoms with van der Waals surface area (Å²) in [6.07, 6.45) is 0. The lowest BCUT2D eigenvalue weighted by Crippen LogP contribution is -2.29. The molecule has 1 aromatic rings. The van der Waals surface area contributed by atoms with Gasteiger partial charge in [0.1, 0.15) is 5.56 Å². The maximum atomic E-state index is 12.2. The lowest BCUT2D eigenvalue weighted by molar-refractivity contribution is -0.384. The molecule has 0 spiro atoms. The van der Waals surface area contributed by atoms with Crippen molar-refractivity contribution < 1.29 is 40.6 Å². The molecule has 1 rings (SSSR count). The van der Waals surface area contributed by atoms with Crippen molar-refractivity contribution >= 4 is 21.8 Å². The average Bonchev–Trinajstić information content (AvgIpc) is 2.28. The zero-order chi connectivity index (χ0) is 16.6. The monoisotopic (exact) mass is 329 g/mol. The highest BCUT2D eigenvalue weighted by Gasteiger charge is 2.49. The average molecular weight is 329 g/mol. The largest absolute Gasteiger partial charge is 0.534 e. The van der Waals surface area contributed by atoms with E-state index in [0.29, 0.717) is 12.1 Å². The van der Waals surface area contributed by atoms with E-state index in [4.69, 9.17) is 5.11 Å². The first kappa shape index (κ1) is 16.7. The molecule has 12 heteroatoms. The van der Waals surface area contributed by atoms with Crippen molar-refractivity contribution in [2.24, 2.45) is 0 Å². The molecule has 1 aromatic carbocycles. The SMILES string of the molecule is Cc1cc([N+](=O)[O-])cc(C(=O)O)c1OS(=O)(=O)C(F)(F)F. The van der Waals surface area contributed by atoms with Crippen molar-refractivity contribution in [2.45, 2.75) is 12.4 Å². The Morgan fingerprint density at radius 1 is 1.38 bits per heavy atom. The third-order valence-corrected chi connectivity index (χ3v) is 3.13. The van der Waals surface area contributed by atoms with Gasteiger partial charge in [-0.1, -0.05) is 0 Å². The summed E-state index contributed by atoms with van der Waals surface area (Å²) in [5, 5.41) is 19.4. The van der Waals surface area contributed by atoms with Crippen molar-refractivity contribution in [1.29, 1.82) is 0 Å². The van der Waals surface area contributed by atoms with E-state index in [1.807, 2.05) is 0 Å². The summed E-state index contributed by atoms with van der Waals surface area (Å²) in [5.41, 5.74) is -8.03. The molecule has 21 heavy (non-hydrogen) atoms. The van der Waals surface area contributed by atoms with Crippen LogP contribution in [0, 0.1) is 17.0 Å². The topological polar surface area (TPSA) is 124 Å². The number of non-ortho nitro benzene ring substituents is 1. The van der Waals surface area contributed by atoms with E-state index in [0.717, 1.165) is 6.92 Å². The summed E-state index contributed by atoms with van der Waals surface area (Å²) < 4.78 is 62.2. The molecule has 0 radical (unpaired) electrons. The van der Waals surface area contributed by atoms with Crippen LogP contribution in [0.25, 0.3) is 0 Å². The Labute approximate surface area is 115 Å². The van der Waals surface area contributed by atoms with Gasteiger partial charge in [0.05, 0.1) is 4.92 Å². The van der Waals surface area contributed by atoms with Crippen molar-refractivity contribution in [2.75, 3.05) is 0 Å². The van der Waals surface area contributed by atoms with E-state index in [1.54, 1.807) is 0 Å². The normalized spacial score (nSPS) is 12.0. The van der Waals surface area contributed by atoms with Crippen LogP contribution in [-0.4, -0.2) is 29.9 Å². The summed E-state index contributed by atoms with van der Waals surface area (Å²) in [4.78, 5) is 20.5. The minimum Gasteiger partial charge on any atom is -0.478 e. The first-order valence-corrected chi connectivity index (χ1v) is 6.30. The molecule has 0 aromatic heterocycles. The molecule has 0 saturated heterocycles. The second-order valence-electron chi connectivity index (χ2n) is 3.68. The lowest BCUT2D eigenvalue weighted by atomic mass is 10.1. The third kappa shape index (κ3) is 3.39. The zero-order valence-electron chi connectivity index (χ0n) is 10.0. The molecule has 0 amide bonds. The van der Waals surface area contributed by atoms with Gasteiger partial charge in [0.15, 0.2) is 5.75 Å². The Morgan fingerprint density at radius 3 is 2.29 bits per heavy atom. The number of carboxylic acid groups (broad SMARTS) is 1. The van der Waals surface area contributed by atoms with Crippen molar-refractivity contribution in [3.63, 3.8) is 0 Å². The first-order valence-electron chi connectivity index (χ1n) is 4.90. The van der Waals surface area contributed by atoms with E-state index in [9.17, 15) is 36.5 Å². The predicted octanol–water partition coefficient (Wildman–Crippen LogP) is 1.83. The van der Waals surface area contributed by atoms with Crippen molar-refractivity contribution in [1.82, 2.24) is 0 Å². The molecule has 0 unspecified atom stereocenters. The van der Waals surface area contributed by atoms with E-state index >= 15 is 0 Å². The van der Waals surface area contributed by atoms with Gasteiger partial charge in [0, 0.05) is 17.7 Å². The summed E-state index contributed by atoms with van der Waals surface area (Å²) in [6, 6.07) is 1.09. The quantitative estimate of drug-likeness (QED) is 0.387. The molecule has 8 nitrogen and oxygen atoms in total. The van der Waals surface area contributed by atoms with Gasteiger partial charge in [-0.2, -0.15) is 21.6 Å². The number of hydrogen-bond acceptors (Lipinski definition) is 6. The second kappa shape index (κ2) is 5.20. The number of alkyl halides is 3. The number of benzene rings is 1. The van der Waals surface area contributed by atoms with Crippen LogP contribution in [0.5, 0.6) is 5.75 Å². The Bertz CT molecular complexity index is 711. The summed E-state index contributed by atoms with van der Waals surface area (Å²) in [7, 11) is -6.10. The molecule has 0 atom stereocenters. The number of rotatable bonds is 4. The third-order valence-electron chi connectivity index (χ3n) is 2.18. The maximum Gasteiger partial charge on any atom is 0.534 e. The Balaban J connectivity index is 3.51. The minimum absolute atomic E-state index is 0.399. The van der Waals surface area contributed by atoms with E-state index < -0.39 is 49.1 Å². The Kier molecular flexibility index (Phi) is 4.13. The number of hydrogen-bond donors (Lipinski definition) is 1. The van der Waals surface area contributed by atoms with Crippen molar-refractivity contribution in [3.8, 4) is 5.75 Å². The van der Waals surface area contributed by atoms with Crippen LogP contribution < -0.4 is 4.18 Å². The van der Waals surface area contributed by atoms with Gasteiger partial charge in [-0.15, -0.1) is 0 Å². The smallest absolute Gasteiger partial charge is 0.478 e. The number of halogens is 3. The highest BCUT2D eigenvalue weighted by Crippen LogP contribution is 2.33. The standard InChI is InChI=1S/C9H6F3NO7S/c1-4-2-5(13(16)17)3-6(8(14)15)7(4)20-21(18,19)9(10,11)12/h2-3H,1H3,(H,14,15). The van der Waals surface area contributed by atoms with Crippen LogP contribution in [-0.2, 0) is 10.1 Å². The van der Waals surface area contributed by atoms with Crippen LogP contribution in [0.4, 0.5) is 18.9 Å². The van der Waals surface area contributed by atoms with Crippen LogP contribution >= 0.6 is 0 Å². The van der Waals surface area contributed by atoms with Gasteiger partial charge in [-0.05, 0) is 6.92 Å². The molecule has 0 heterocycles. The lowest BCUT2D eigenvalue weighted by Gasteiger charge is -2.13. The highest BCUT2D eigenvalue weighted by atomic mass is 32.2. The molecular formula is C9H6F3NO7S. The summed E-state index contributed by atoms with van der Waals surface area (Å²) >= 11 is 0. The molecule has 0 bridgehead atoms. The van der Waals surface area contributed by atoms with E-state index in [1.165, 1.54) is 0 Å². The Hall–Kier alpha value is -2.37. The highest BCUT2D eigenvalue weighted by molar-refractivity contribution is 7.88.